The number of carbonyl (C=O) groups excluding carboxylic acids is 1. The van der Waals surface area contributed by atoms with Gasteiger partial charge >= 0.3 is 0 Å². The topological polar surface area (TPSA) is 46.3 Å². The Morgan fingerprint density at radius 3 is 2.25 bits per heavy atom. The Bertz CT molecular complexity index is 582. The molecular formula is C17H18N2O. The Labute approximate surface area is 119 Å². The smallest absolute Gasteiger partial charge is 0.225 e. The first-order valence-electron chi connectivity index (χ1n) is 6.89. The van der Waals surface area contributed by atoms with Gasteiger partial charge in [-0.1, -0.05) is 60.7 Å². The van der Waals surface area contributed by atoms with E-state index in [-0.39, 0.29) is 18.0 Å². The average molecular weight is 266 g/mol. The molecule has 0 saturated carbocycles. The first kappa shape index (κ1) is 12.9. The summed E-state index contributed by atoms with van der Waals surface area (Å²) in [6.45, 7) is 0.618. The van der Waals surface area contributed by atoms with E-state index >= 15 is 0 Å². The molecule has 3 nitrogen and oxygen atoms in total. The summed E-state index contributed by atoms with van der Waals surface area (Å²) in [6, 6.07) is 19.9. The SMILES string of the molecule is NC1CC(=O)N(Cc2ccccc2)C1c1ccccc1. The molecule has 0 radical (unpaired) electrons. The van der Waals surface area contributed by atoms with Crippen molar-refractivity contribution in [3.05, 3.63) is 71.8 Å². The van der Waals surface area contributed by atoms with E-state index in [1.807, 2.05) is 65.6 Å². The third-order valence-electron chi connectivity index (χ3n) is 3.81. The fraction of sp³-hybridized carbons (Fsp3) is 0.235. The summed E-state index contributed by atoms with van der Waals surface area (Å²) < 4.78 is 0. The van der Waals surface area contributed by atoms with Crippen LogP contribution in [0.15, 0.2) is 60.7 Å². The highest BCUT2D eigenvalue weighted by Crippen LogP contribution is 2.33. The maximum atomic E-state index is 12.2. The maximum Gasteiger partial charge on any atom is 0.225 e. The number of likely N-dealkylation sites (tertiary alicyclic amines) is 1. The van der Waals surface area contributed by atoms with E-state index in [0.29, 0.717) is 13.0 Å². The van der Waals surface area contributed by atoms with Crippen LogP contribution in [0.5, 0.6) is 0 Å². The molecule has 0 aliphatic carbocycles. The summed E-state index contributed by atoms with van der Waals surface area (Å²) in [5, 5.41) is 0. The molecule has 0 aromatic heterocycles. The molecule has 102 valence electrons. The summed E-state index contributed by atoms with van der Waals surface area (Å²) in [6.07, 6.45) is 0.423. The number of rotatable bonds is 3. The van der Waals surface area contributed by atoms with Crippen LogP contribution >= 0.6 is 0 Å². The molecule has 1 heterocycles. The van der Waals surface area contributed by atoms with Crippen molar-refractivity contribution in [1.29, 1.82) is 0 Å². The lowest BCUT2D eigenvalue weighted by Gasteiger charge is -2.27. The van der Waals surface area contributed by atoms with E-state index < -0.39 is 0 Å². The number of amides is 1. The van der Waals surface area contributed by atoms with Crippen molar-refractivity contribution >= 4 is 5.91 Å². The van der Waals surface area contributed by atoms with E-state index in [9.17, 15) is 4.79 Å². The van der Waals surface area contributed by atoms with Crippen LogP contribution in [0, 0.1) is 0 Å². The van der Waals surface area contributed by atoms with Gasteiger partial charge in [-0.3, -0.25) is 4.79 Å². The quantitative estimate of drug-likeness (QED) is 0.927. The highest BCUT2D eigenvalue weighted by atomic mass is 16.2. The summed E-state index contributed by atoms with van der Waals surface area (Å²) >= 11 is 0. The van der Waals surface area contributed by atoms with Crippen molar-refractivity contribution in [2.24, 2.45) is 5.73 Å². The van der Waals surface area contributed by atoms with Gasteiger partial charge in [0.05, 0.1) is 6.04 Å². The Balaban J connectivity index is 1.89. The van der Waals surface area contributed by atoms with Gasteiger partial charge in [-0.25, -0.2) is 0 Å². The van der Waals surface area contributed by atoms with Crippen LogP contribution < -0.4 is 5.73 Å². The minimum atomic E-state index is -0.131. The van der Waals surface area contributed by atoms with Crippen LogP contribution in [0.2, 0.25) is 0 Å². The average Bonchev–Trinajstić information content (AvgIpc) is 2.75. The van der Waals surface area contributed by atoms with Crippen molar-refractivity contribution in [2.75, 3.05) is 0 Å². The first-order valence-corrected chi connectivity index (χ1v) is 6.89. The zero-order valence-electron chi connectivity index (χ0n) is 11.3. The van der Waals surface area contributed by atoms with Crippen molar-refractivity contribution in [3.63, 3.8) is 0 Å². The molecule has 3 heteroatoms. The van der Waals surface area contributed by atoms with E-state index in [0.717, 1.165) is 11.1 Å². The zero-order valence-corrected chi connectivity index (χ0v) is 11.3. The maximum absolute atomic E-state index is 12.2. The van der Waals surface area contributed by atoms with Crippen molar-refractivity contribution in [2.45, 2.75) is 25.0 Å². The van der Waals surface area contributed by atoms with Crippen LogP contribution in [-0.2, 0) is 11.3 Å². The van der Waals surface area contributed by atoms with Crippen LogP contribution in [0.3, 0.4) is 0 Å². The van der Waals surface area contributed by atoms with E-state index in [1.54, 1.807) is 0 Å². The molecule has 0 bridgehead atoms. The van der Waals surface area contributed by atoms with Gasteiger partial charge in [-0.2, -0.15) is 0 Å². The molecule has 20 heavy (non-hydrogen) atoms. The lowest BCUT2D eigenvalue weighted by atomic mass is 10.0. The molecule has 1 saturated heterocycles. The van der Waals surface area contributed by atoms with Crippen molar-refractivity contribution in [1.82, 2.24) is 4.90 Å². The number of hydrogen-bond donors (Lipinski definition) is 1. The lowest BCUT2D eigenvalue weighted by Crippen LogP contribution is -2.32. The monoisotopic (exact) mass is 266 g/mol. The highest BCUT2D eigenvalue weighted by Gasteiger charge is 2.38. The number of nitrogens with zero attached hydrogens (tertiary/aromatic N) is 1. The lowest BCUT2D eigenvalue weighted by molar-refractivity contribution is -0.129. The Morgan fingerprint density at radius 1 is 1.00 bits per heavy atom. The second-order valence-electron chi connectivity index (χ2n) is 5.23. The van der Waals surface area contributed by atoms with Gasteiger partial charge in [0.25, 0.3) is 0 Å². The second-order valence-corrected chi connectivity index (χ2v) is 5.23. The molecule has 2 N–H and O–H groups in total. The van der Waals surface area contributed by atoms with Gasteiger partial charge < -0.3 is 10.6 Å². The highest BCUT2D eigenvalue weighted by molar-refractivity contribution is 5.80. The van der Waals surface area contributed by atoms with E-state index in [1.165, 1.54) is 0 Å². The van der Waals surface area contributed by atoms with Gasteiger partial charge in [0, 0.05) is 19.0 Å². The predicted octanol–water partition coefficient (Wildman–Crippen LogP) is 2.49. The first-order chi connectivity index (χ1) is 9.75. The van der Waals surface area contributed by atoms with Crippen molar-refractivity contribution < 1.29 is 4.79 Å². The molecule has 1 aliphatic heterocycles. The molecule has 1 amide bonds. The number of carbonyl (C=O) groups is 1. The molecule has 2 aromatic carbocycles. The number of hydrogen-bond acceptors (Lipinski definition) is 2. The zero-order chi connectivity index (χ0) is 13.9. The largest absolute Gasteiger partial charge is 0.330 e. The van der Waals surface area contributed by atoms with Gasteiger partial charge in [-0.15, -0.1) is 0 Å². The van der Waals surface area contributed by atoms with E-state index in [4.69, 9.17) is 5.73 Å². The van der Waals surface area contributed by atoms with E-state index in [2.05, 4.69) is 0 Å². The van der Waals surface area contributed by atoms with Gasteiger partial charge in [0.15, 0.2) is 0 Å². The Morgan fingerprint density at radius 2 is 1.60 bits per heavy atom. The molecule has 1 fully saturated rings. The van der Waals surface area contributed by atoms with Crippen LogP contribution in [0.4, 0.5) is 0 Å². The van der Waals surface area contributed by atoms with Crippen LogP contribution in [0.1, 0.15) is 23.6 Å². The molecule has 0 spiro atoms. The third-order valence-corrected chi connectivity index (χ3v) is 3.81. The fourth-order valence-corrected chi connectivity index (χ4v) is 2.86. The second kappa shape index (κ2) is 5.47. The Kier molecular flexibility index (Phi) is 3.52. The Hall–Kier alpha value is -2.13. The summed E-state index contributed by atoms with van der Waals surface area (Å²) in [7, 11) is 0. The molecule has 2 unspecified atom stereocenters. The summed E-state index contributed by atoms with van der Waals surface area (Å²) in [4.78, 5) is 14.1. The molecule has 3 rings (SSSR count). The third kappa shape index (κ3) is 2.45. The summed E-state index contributed by atoms with van der Waals surface area (Å²) in [5.74, 6) is 0.134. The van der Waals surface area contributed by atoms with Crippen LogP contribution in [-0.4, -0.2) is 16.8 Å². The minimum absolute atomic E-state index is 0.0242. The van der Waals surface area contributed by atoms with Gasteiger partial charge in [0.1, 0.15) is 0 Å². The predicted molar refractivity (Wildman–Crippen MR) is 78.8 cm³/mol. The fourth-order valence-electron chi connectivity index (χ4n) is 2.86. The molecule has 2 aromatic rings. The van der Waals surface area contributed by atoms with Crippen molar-refractivity contribution in [3.8, 4) is 0 Å². The van der Waals surface area contributed by atoms with Crippen LogP contribution in [0.25, 0.3) is 0 Å². The van der Waals surface area contributed by atoms with Gasteiger partial charge in [-0.05, 0) is 11.1 Å². The molecular weight excluding hydrogens is 248 g/mol. The molecule has 2 atom stereocenters. The van der Waals surface area contributed by atoms with Gasteiger partial charge in [0.2, 0.25) is 5.91 Å². The normalized spacial score (nSPS) is 22.2. The molecule has 1 aliphatic rings. The number of benzene rings is 2. The summed E-state index contributed by atoms with van der Waals surface area (Å²) in [5.41, 5.74) is 8.43. The minimum Gasteiger partial charge on any atom is -0.330 e. The standard InChI is InChI=1S/C17H18N2O/c18-15-11-16(20)19(12-13-7-3-1-4-8-13)17(15)14-9-5-2-6-10-14/h1-10,15,17H,11-12,18H2. The number of nitrogens with two attached hydrogens (primary N) is 1.